The second-order valence-corrected chi connectivity index (χ2v) is 7.29. The van der Waals surface area contributed by atoms with Gasteiger partial charge in [0, 0.05) is 55.8 Å². The lowest BCUT2D eigenvalue weighted by Gasteiger charge is -2.34. The predicted molar refractivity (Wildman–Crippen MR) is 93.3 cm³/mol. The highest BCUT2D eigenvalue weighted by molar-refractivity contribution is 7.99. The molecule has 1 N–H and O–H groups in total. The summed E-state index contributed by atoms with van der Waals surface area (Å²) in [6.07, 6.45) is 0.481. The molecule has 2 rings (SSSR count). The van der Waals surface area contributed by atoms with Crippen LogP contribution in [0.1, 0.15) is 13.3 Å². The number of amides is 1. The van der Waals surface area contributed by atoms with E-state index in [1.165, 1.54) is 12.1 Å². The first-order valence-corrected chi connectivity index (χ1v) is 9.10. The summed E-state index contributed by atoms with van der Waals surface area (Å²) >= 11 is 1.58. The topological polar surface area (TPSA) is 35.6 Å². The van der Waals surface area contributed by atoms with Crippen LogP contribution in [0.4, 0.5) is 4.39 Å². The summed E-state index contributed by atoms with van der Waals surface area (Å²) in [4.78, 5) is 17.7. The van der Waals surface area contributed by atoms with Crippen molar-refractivity contribution in [3.8, 4) is 0 Å². The van der Waals surface area contributed by atoms with Gasteiger partial charge >= 0.3 is 0 Å². The maximum Gasteiger partial charge on any atom is 0.221 e. The summed E-state index contributed by atoms with van der Waals surface area (Å²) in [5.41, 5.74) is 0. The fourth-order valence-electron chi connectivity index (χ4n) is 2.60. The molecular formula is C17H26FN3OS. The molecule has 0 aromatic heterocycles. The first-order valence-electron chi connectivity index (χ1n) is 8.11. The molecule has 1 aliphatic rings. The van der Waals surface area contributed by atoms with Gasteiger partial charge in [-0.2, -0.15) is 0 Å². The number of piperazine rings is 1. The van der Waals surface area contributed by atoms with E-state index in [4.69, 9.17) is 0 Å². The summed E-state index contributed by atoms with van der Waals surface area (Å²) in [5.74, 6) is 0.560. The number of likely N-dealkylation sites (N-methyl/N-ethyl adjacent to an activating group) is 1. The van der Waals surface area contributed by atoms with Crippen LogP contribution in [0.5, 0.6) is 0 Å². The van der Waals surface area contributed by atoms with E-state index in [1.54, 1.807) is 23.9 Å². The van der Waals surface area contributed by atoms with Crippen LogP contribution in [0.25, 0.3) is 0 Å². The lowest BCUT2D eigenvalue weighted by Crippen LogP contribution is -2.49. The van der Waals surface area contributed by atoms with Gasteiger partial charge in [0.05, 0.1) is 0 Å². The van der Waals surface area contributed by atoms with Crippen molar-refractivity contribution >= 4 is 17.7 Å². The standard InChI is InChI=1S/C17H26FN3OS/c1-14(13-21-10-8-20(2)9-11-21)19-17(22)7-12-23-16-5-3-15(18)4-6-16/h3-6,14H,7-13H2,1-2H3,(H,19,22)/t14-/m1/s1. The lowest BCUT2D eigenvalue weighted by atomic mass is 10.2. The highest BCUT2D eigenvalue weighted by Crippen LogP contribution is 2.18. The SMILES string of the molecule is C[C@H](CN1CCN(C)CC1)NC(=O)CCSc1ccc(F)cc1. The maximum atomic E-state index is 12.8. The summed E-state index contributed by atoms with van der Waals surface area (Å²) in [6.45, 7) is 7.28. The van der Waals surface area contributed by atoms with Crippen LogP contribution in [0, 0.1) is 5.82 Å². The van der Waals surface area contributed by atoms with Gasteiger partial charge in [-0.1, -0.05) is 0 Å². The van der Waals surface area contributed by atoms with Crippen LogP contribution in [-0.2, 0) is 4.79 Å². The first-order chi connectivity index (χ1) is 11.0. The van der Waals surface area contributed by atoms with Gasteiger partial charge in [0.1, 0.15) is 5.82 Å². The molecule has 0 saturated carbocycles. The molecule has 0 bridgehead atoms. The molecule has 0 spiro atoms. The second kappa shape index (κ2) is 9.25. The van der Waals surface area contributed by atoms with Crippen molar-refractivity contribution < 1.29 is 9.18 Å². The summed E-state index contributed by atoms with van der Waals surface area (Å²) in [7, 11) is 2.14. The molecule has 1 heterocycles. The Morgan fingerprint density at radius 2 is 1.91 bits per heavy atom. The third kappa shape index (κ3) is 6.89. The number of thioether (sulfide) groups is 1. The minimum Gasteiger partial charge on any atom is -0.352 e. The number of hydrogen-bond donors (Lipinski definition) is 1. The molecule has 0 radical (unpaired) electrons. The van der Waals surface area contributed by atoms with Crippen LogP contribution >= 0.6 is 11.8 Å². The van der Waals surface area contributed by atoms with Gasteiger partial charge < -0.3 is 10.2 Å². The fourth-order valence-corrected chi connectivity index (χ4v) is 3.45. The van der Waals surface area contributed by atoms with Gasteiger partial charge in [-0.15, -0.1) is 11.8 Å². The number of hydrogen-bond acceptors (Lipinski definition) is 4. The van der Waals surface area contributed by atoms with E-state index >= 15 is 0 Å². The quantitative estimate of drug-likeness (QED) is 0.772. The van der Waals surface area contributed by atoms with E-state index in [0.29, 0.717) is 12.2 Å². The summed E-state index contributed by atoms with van der Waals surface area (Å²) in [6, 6.07) is 6.55. The third-order valence-electron chi connectivity index (χ3n) is 3.95. The number of benzene rings is 1. The highest BCUT2D eigenvalue weighted by atomic mass is 32.2. The Labute approximate surface area is 142 Å². The van der Waals surface area contributed by atoms with Gasteiger partial charge in [-0.05, 0) is 38.2 Å². The van der Waals surface area contributed by atoms with Gasteiger partial charge in [-0.25, -0.2) is 4.39 Å². The molecule has 1 fully saturated rings. The van der Waals surface area contributed by atoms with Gasteiger partial charge in [0.15, 0.2) is 0 Å². The molecule has 1 aromatic carbocycles. The van der Waals surface area contributed by atoms with E-state index in [9.17, 15) is 9.18 Å². The van der Waals surface area contributed by atoms with Crippen LogP contribution in [0.2, 0.25) is 0 Å². The normalized spacial score (nSPS) is 17.9. The molecule has 1 aromatic rings. The van der Waals surface area contributed by atoms with Crippen molar-refractivity contribution in [2.75, 3.05) is 45.5 Å². The Morgan fingerprint density at radius 3 is 2.57 bits per heavy atom. The number of rotatable bonds is 7. The number of halogens is 1. The molecule has 4 nitrogen and oxygen atoms in total. The lowest BCUT2D eigenvalue weighted by molar-refractivity contribution is -0.121. The zero-order chi connectivity index (χ0) is 16.7. The molecule has 6 heteroatoms. The average Bonchev–Trinajstić information content (AvgIpc) is 2.51. The molecule has 1 aliphatic heterocycles. The Morgan fingerprint density at radius 1 is 1.26 bits per heavy atom. The van der Waals surface area contributed by atoms with E-state index in [1.807, 2.05) is 0 Å². The molecule has 1 saturated heterocycles. The van der Waals surface area contributed by atoms with Gasteiger partial charge in [0.2, 0.25) is 5.91 Å². The monoisotopic (exact) mass is 339 g/mol. The van der Waals surface area contributed by atoms with Crippen LogP contribution in [0.15, 0.2) is 29.2 Å². The number of carbonyl (C=O) groups is 1. The smallest absolute Gasteiger partial charge is 0.221 e. The minimum atomic E-state index is -0.232. The maximum absolute atomic E-state index is 12.8. The summed E-state index contributed by atoms with van der Waals surface area (Å²) in [5, 5.41) is 3.07. The molecule has 0 aliphatic carbocycles. The van der Waals surface area contributed by atoms with E-state index in [2.05, 4.69) is 29.1 Å². The number of nitrogens with one attached hydrogen (secondary N) is 1. The second-order valence-electron chi connectivity index (χ2n) is 6.12. The zero-order valence-electron chi connectivity index (χ0n) is 13.9. The van der Waals surface area contributed by atoms with Crippen molar-refractivity contribution in [2.45, 2.75) is 24.3 Å². The summed E-state index contributed by atoms with van der Waals surface area (Å²) < 4.78 is 12.8. The van der Waals surface area contributed by atoms with Gasteiger partial charge in [0.25, 0.3) is 0 Å². The van der Waals surface area contributed by atoms with E-state index in [-0.39, 0.29) is 17.8 Å². The molecule has 1 atom stereocenters. The predicted octanol–water partition coefficient (Wildman–Crippen LogP) is 2.06. The van der Waals surface area contributed by atoms with Crippen molar-refractivity contribution in [3.63, 3.8) is 0 Å². The fraction of sp³-hybridized carbons (Fsp3) is 0.588. The highest BCUT2D eigenvalue weighted by Gasteiger charge is 2.16. The van der Waals surface area contributed by atoms with Crippen molar-refractivity contribution in [3.05, 3.63) is 30.1 Å². The number of carbonyl (C=O) groups excluding carboxylic acids is 1. The largest absolute Gasteiger partial charge is 0.352 e. The number of nitrogens with zero attached hydrogens (tertiary/aromatic N) is 2. The van der Waals surface area contributed by atoms with Crippen LogP contribution in [-0.4, -0.2) is 67.3 Å². The van der Waals surface area contributed by atoms with Crippen LogP contribution in [0.3, 0.4) is 0 Å². The molecular weight excluding hydrogens is 313 g/mol. The minimum absolute atomic E-state index is 0.0845. The van der Waals surface area contributed by atoms with Crippen molar-refractivity contribution in [2.24, 2.45) is 0 Å². The van der Waals surface area contributed by atoms with Crippen LogP contribution < -0.4 is 5.32 Å². The Hall–Kier alpha value is -1.11. The Balaban J connectivity index is 1.61. The van der Waals surface area contributed by atoms with Gasteiger partial charge in [-0.3, -0.25) is 9.69 Å². The van der Waals surface area contributed by atoms with Crippen molar-refractivity contribution in [1.82, 2.24) is 15.1 Å². The molecule has 0 unspecified atom stereocenters. The Kier molecular flexibility index (Phi) is 7.33. The molecule has 23 heavy (non-hydrogen) atoms. The third-order valence-corrected chi connectivity index (χ3v) is 4.96. The average molecular weight is 339 g/mol. The van der Waals surface area contributed by atoms with E-state index in [0.717, 1.165) is 37.6 Å². The molecule has 128 valence electrons. The Bertz CT molecular complexity index is 489. The zero-order valence-corrected chi connectivity index (χ0v) is 14.7. The van der Waals surface area contributed by atoms with Crippen molar-refractivity contribution in [1.29, 1.82) is 0 Å². The first kappa shape index (κ1) is 18.2. The van der Waals surface area contributed by atoms with E-state index < -0.39 is 0 Å². The molecule has 1 amide bonds.